The van der Waals surface area contributed by atoms with Gasteiger partial charge in [-0.1, -0.05) is 23.2 Å². The second kappa shape index (κ2) is 9.45. The lowest BCUT2D eigenvalue weighted by atomic mass is 10.0. The van der Waals surface area contributed by atoms with E-state index in [1.54, 1.807) is 12.1 Å². The van der Waals surface area contributed by atoms with Crippen LogP contribution in [0.3, 0.4) is 0 Å². The molecule has 2 aromatic carbocycles. The second-order valence-corrected chi connectivity index (χ2v) is 7.92. The molecule has 3 nitrogen and oxygen atoms in total. The molecule has 0 saturated carbocycles. The highest BCUT2D eigenvalue weighted by Crippen LogP contribution is 2.29. The van der Waals surface area contributed by atoms with E-state index in [4.69, 9.17) is 23.2 Å². The van der Waals surface area contributed by atoms with Crippen molar-refractivity contribution in [1.29, 1.82) is 0 Å². The number of aliphatic imine (C=N–C) groups is 1. The third kappa shape index (κ3) is 5.50. The standard InChI is InChI=1S/C20H22Cl2N2OS/c1-5-24(4)12-23-19-9-13(2)16(8-14(19)3)20(25)11-26-15-6-7-17(21)18(22)10-15/h6-10,12H,5,11H2,1-4H3/b23-12-. The highest BCUT2D eigenvalue weighted by molar-refractivity contribution is 8.00. The van der Waals surface area contributed by atoms with Crippen molar-refractivity contribution < 1.29 is 4.79 Å². The minimum absolute atomic E-state index is 0.0860. The van der Waals surface area contributed by atoms with Crippen LogP contribution >= 0.6 is 35.0 Å². The Labute approximate surface area is 169 Å². The molecule has 0 bridgehead atoms. The molecule has 0 atom stereocenters. The molecule has 0 aliphatic carbocycles. The average molecular weight is 409 g/mol. The minimum atomic E-state index is 0.0860. The maximum atomic E-state index is 12.6. The van der Waals surface area contributed by atoms with Crippen LogP contribution in [0.15, 0.2) is 40.2 Å². The largest absolute Gasteiger partial charge is 0.366 e. The van der Waals surface area contributed by atoms with Gasteiger partial charge in [-0.15, -0.1) is 11.8 Å². The van der Waals surface area contributed by atoms with Crippen molar-refractivity contribution in [2.75, 3.05) is 19.3 Å². The van der Waals surface area contributed by atoms with Crippen molar-refractivity contribution in [3.63, 3.8) is 0 Å². The third-order valence-electron chi connectivity index (χ3n) is 4.00. The van der Waals surface area contributed by atoms with Crippen molar-refractivity contribution in [3.05, 3.63) is 57.1 Å². The molecule has 2 aromatic rings. The first-order chi connectivity index (χ1) is 12.3. The summed E-state index contributed by atoms with van der Waals surface area (Å²) in [4.78, 5) is 20.1. The van der Waals surface area contributed by atoms with Gasteiger partial charge in [-0.3, -0.25) is 4.79 Å². The molecule has 0 radical (unpaired) electrons. The molecule has 0 saturated heterocycles. The van der Waals surface area contributed by atoms with E-state index >= 15 is 0 Å². The van der Waals surface area contributed by atoms with Gasteiger partial charge < -0.3 is 4.90 Å². The lowest BCUT2D eigenvalue weighted by Gasteiger charge is -2.11. The summed E-state index contributed by atoms with van der Waals surface area (Å²) in [6.07, 6.45) is 1.81. The number of benzene rings is 2. The molecular formula is C20H22Cl2N2OS. The molecule has 0 fully saturated rings. The predicted molar refractivity (Wildman–Crippen MR) is 114 cm³/mol. The van der Waals surface area contributed by atoms with Gasteiger partial charge >= 0.3 is 0 Å². The van der Waals surface area contributed by atoms with Crippen LogP contribution in [-0.4, -0.2) is 36.4 Å². The fraction of sp³-hybridized carbons (Fsp3) is 0.300. The van der Waals surface area contributed by atoms with Crippen LogP contribution in [-0.2, 0) is 0 Å². The Balaban J connectivity index is 2.12. The summed E-state index contributed by atoms with van der Waals surface area (Å²) < 4.78 is 0. The number of Topliss-reactive ketones (excluding diaryl/α,β-unsaturated/α-hetero) is 1. The molecule has 138 valence electrons. The summed E-state index contributed by atoms with van der Waals surface area (Å²) in [5.74, 6) is 0.433. The topological polar surface area (TPSA) is 32.7 Å². The highest BCUT2D eigenvalue weighted by Gasteiger charge is 2.13. The van der Waals surface area contributed by atoms with Gasteiger partial charge in [0.05, 0.1) is 27.8 Å². The molecule has 0 aliphatic rings. The number of rotatable bonds is 7. The number of halogens is 2. The molecule has 26 heavy (non-hydrogen) atoms. The lowest BCUT2D eigenvalue weighted by Crippen LogP contribution is -2.14. The first-order valence-electron chi connectivity index (χ1n) is 8.28. The summed E-state index contributed by atoms with van der Waals surface area (Å²) >= 11 is 13.4. The van der Waals surface area contributed by atoms with Crippen molar-refractivity contribution in [2.45, 2.75) is 25.7 Å². The van der Waals surface area contributed by atoms with Crippen LogP contribution in [0.2, 0.25) is 10.0 Å². The Kier molecular flexibility index (Phi) is 7.56. The summed E-state index contributed by atoms with van der Waals surface area (Å²) in [5, 5.41) is 1.01. The molecule has 2 rings (SSSR count). The van der Waals surface area contributed by atoms with Crippen molar-refractivity contribution in [2.24, 2.45) is 4.99 Å². The van der Waals surface area contributed by atoms with Crippen LogP contribution in [0.1, 0.15) is 28.4 Å². The van der Waals surface area contributed by atoms with Gasteiger partial charge in [0.1, 0.15) is 0 Å². The Morgan fingerprint density at radius 3 is 2.54 bits per heavy atom. The molecule has 0 heterocycles. The predicted octanol–water partition coefficient (Wildman–Crippen LogP) is 6.20. The maximum Gasteiger partial charge on any atom is 0.173 e. The zero-order valence-electron chi connectivity index (χ0n) is 15.3. The second-order valence-electron chi connectivity index (χ2n) is 6.06. The Morgan fingerprint density at radius 2 is 1.88 bits per heavy atom. The van der Waals surface area contributed by atoms with Crippen molar-refractivity contribution in [3.8, 4) is 0 Å². The number of ketones is 1. The first kappa shape index (κ1) is 20.8. The first-order valence-corrected chi connectivity index (χ1v) is 10.0. The van der Waals surface area contributed by atoms with E-state index in [0.29, 0.717) is 15.8 Å². The summed E-state index contributed by atoms with van der Waals surface area (Å²) in [6.45, 7) is 6.88. The molecule has 0 unspecified atom stereocenters. The molecule has 0 aromatic heterocycles. The lowest BCUT2D eigenvalue weighted by molar-refractivity contribution is 0.102. The van der Waals surface area contributed by atoms with E-state index in [-0.39, 0.29) is 5.78 Å². The third-order valence-corrected chi connectivity index (χ3v) is 5.73. The van der Waals surface area contributed by atoms with E-state index in [1.807, 2.05) is 50.3 Å². The number of thioether (sulfide) groups is 1. The normalized spacial score (nSPS) is 11.2. The maximum absolute atomic E-state index is 12.6. The van der Waals surface area contributed by atoms with Crippen molar-refractivity contribution >= 4 is 52.8 Å². The quantitative estimate of drug-likeness (QED) is 0.236. The van der Waals surface area contributed by atoms with E-state index in [9.17, 15) is 4.79 Å². The molecule has 6 heteroatoms. The monoisotopic (exact) mass is 408 g/mol. The highest BCUT2D eigenvalue weighted by atomic mass is 35.5. The van der Waals surface area contributed by atoms with Crippen LogP contribution in [0.5, 0.6) is 0 Å². The van der Waals surface area contributed by atoms with Crippen LogP contribution in [0.25, 0.3) is 0 Å². The Hall–Kier alpha value is -1.49. The van der Waals surface area contributed by atoms with Crippen LogP contribution in [0.4, 0.5) is 5.69 Å². The smallest absolute Gasteiger partial charge is 0.173 e. The molecular weight excluding hydrogens is 387 g/mol. The fourth-order valence-electron chi connectivity index (χ4n) is 2.28. The van der Waals surface area contributed by atoms with Gasteiger partial charge in [0.2, 0.25) is 0 Å². The number of nitrogens with zero attached hydrogens (tertiary/aromatic N) is 2. The summed E-state index contributed by atoms with van der Waals surface area (Å²) in [5.41, 5.74) is 3.54. The Bertz CT molecular complexity index is 837. The van der Waals surface area contributed by atoms with Crippen molar-refractivity contribution in [1.82, 2.24) is 4.90 Å². The zero-order chi connectivity index (χ0) is 19.3. The van der Waals surface area contributed by atoms with Gasteiger partial charge in [-0.25, -0.2) is 4.99 Å². The van der Waals surface area contributed by atoms with Gasteiger partial charge in [-0.05, 0) is 62.2 Å². The van der Waals surface area contributed by atoms with Gasteiger partial charge in [0.25, 0.3) is 0 Å². The van der Waals surface area contributed by atoms with E-state index < -0.39 is 0 Å². The molecule has 0 N–H and O–H groups in total. The number of hydrogen-bond acceptors (Lipinski definition) is 3. The molecule has 0 spiro atoms. The van der Waals surface area contributed by atoms with Gasteiger partial charge in [0, 0.05) is 24.1 Å². The summed E-state index contributed by atoms with van der Waals surface area (Å²) in [6, 6.07) is 9.28. The number of carbonyl (C=O) groups excluding carboxylic acids is 1. The summed E-state index contributed by atoms with van der Waals surface area (Å²) in [7, 11) is 1.98. The van der Waals surface area contributed by atoms with Crippen LogP contribution < -0.4 is 0 Å². The SMILES string of the molecule is CCN(C)/C=N\c1cc(C)c(C(=O)CSc2ccc(Cl)c(Cl)c2)cc1C. The minimum Gasteiger partial charge on any atom is -0.366 e. The molecule has 0 aliphatic heterocycles. The number of carbonyl (C=O) groups is 1. The number of hydrogen-bond donors (Lipinski definition) is 0. The average Bonchev–Trinajstić information content (AvgIpc) is 2.62. The van der Waals surface area contributed by atoms with Gasteiger partial charge in [-0.2, -0.15) is 0 Å². The Morgan fingerprint density at radius 1 is 1.15 bits per heavy atom. The van der Waals surface area contributed by atoms with Crippen LogP contribution in [0, 0.1) is 13.8 Å². The van der Waals surface area contributed by atoms with E-state index in [0.717, 1.165) is 33.8 Å². The van der Waals surface area contributed by atoms with E-state index in [2.05, 4.69) is 11.9 Å². The van der Waals surface area contributed by atoms with E-state index in [1.165, 1.54) is 11.8 Å². The zero-order valence-corrected chi connectivity index (χ0v) is 17.7. The molecule has 0 amide bonds. The fourth-order valence-corrected chi connectivity index (χ4v) is 3.46. The van der Waals surface area contributed by atoms with Gasteiger partial charge in [0.15, 0.2) is 5.78 Å². The number of aryl methyl sites for hydroxylation is 2.